The Morgan fingerprint density at radius 1 is 1.08 bits per heavy atom. The third-order valence-electron chi connectivity index (χ3n) is 7.59. The quantitative estimate of drug-likeness (QED) is 0.607. The van der Waals surface area contributed by atoms with Crippen LogP contribution in [0.15, 0.2) is 47.3 Å². The van der Waals surface area contributed by atoms with Crippen molar-refractivity contribution in [2.24, 2.45) is 4.99 Å². The maximum atomic E-state index is 13.5. The van der Waals surface area contributed by atoms with E-state index < -0.39 is 6.16 Å². The predicted octanol–water partition coefficient (Wildman–Crippen LogP) is 4.31. The standard InChI is InChI=1S/C28H33N5O4/c1-18-12-23(13-19(2)30-18)32-10-8-22(9-11-32)31(3)27(34)21-5-4-20-6-7-26(25(20)14-21)33-16-24(15-29-17-33)37-28(35)36/h4-5,12-15,17,22,26H,6-11,16H2,1-3H3,(H,35,36). The van der Waals surface area contributed by atoms with Gasteiger partial charge in [0.25, 0.3) is 5.91 Å². The topological polar surface area (TPSA) is 98.6 Å². The number of ether oxygens (including phenoxy) is 1. The number of carbonyl (C=O) groups is 2. The Kier molecular flexibility index (Phi) is 6.86. The maximum absolute atomic E-state index is 13.5. The number of fused-ring (bicyclic) bond motifs is 1. The molecule has 37 heavy (non-hydrogen) atoms. The summed E-state index contributed by atoms with van der Waals surface area (Å²) in [4.78, 5) is 39.4. The summed E-state index contributed by atoms with van der Waals surface area (Å²) in [5.41, 5.74) is 6.25. The van der Waals surface area contributed by atoms with Gasteiger partial charge in [0.2, 0.25) is 0 Å². The molecule has 0 bridgehead atoms. The van der Waals surface area contributed by atoms with E-state index >= 15 is 0 Å². The fraction of sp³-hybridized carbons (Fsp3) is 0.429. The zero-order valence-electron chi connectivity index (χ0n) is 21.6. The molecule has 9 nitrogen and oxygen atoms in total. The fourth-order valence-corrected chi connectivity index (χ4v) is 5.76. The van der Waals surface area contributed by atoms with Crippen molar-refractivity contribution >= 4 is 24.1 Å². The van der Waals surface area contributed by atoms with Crippen molar-refractivity contribution in [2.75, 3.05) is 31.6 Å². The van der Waals surface area contributed by atoms with Crippen LogP contribution < -0.4 is 4.90 Å². The number of aryl methyl sites for hydroxylation is 3. The van der Waals surface area contributed by atoms with Gasteiger partial charge < -0.3 is 24.5 Å². The van der Waals surface area contributed by atoms with Crippen LogP contribution in [0.3, 0.4) is 0 Å². The highest BCUT2D eigenvalue weighted by molar-refractivity contribution is 5.94. The van der Waals surface area contributed by atoms with Gasteiger partial charge in [0.05, 0.1) is 25.1 Å². The first-order chi connectivity index (χ1) is 17.8. The van der Waals surface area contributed by atoms with Crippen molar-refractivity contribution in [1.82, 2.24) is 14.8 Å². The molecule has 1 aromatic carbocycles. The van der Waals surface area contributed by atoms with Gasteiger partial charge in [-0.3, -0.25) is 9.78 Å². The van der Waals surface area contributed by atoms with Gasteiger partial charge in [-0.25, -0.2) is 9.79 Å². The molecule has 194 valence electrons. The SMILES string of the molecule is Cc1cc(N2CCC(N(C)C(=O)c3ccc4c(c3)C(N3C=NC=C(OC(=O)O)C3)CC4)CC2)cc(C)n1. The first kappa shape index (κ1) is 24.8. The van der Waals surface area contributed by atoms with Crippen LogP contribution in [0.2, 0.25) is 0 Å². The number of piperidine rings is 1. The van der Waals surface area contributed by atoms with Gasteiger partial charge in [0.1, 0.15) is 5.76 Å². The van der Waals surface area contributed by atoms with E-state index in [-0.39, 0.29) is 18.0 Å². The van der Waals surface area contributed by atoms with E-state index in [1.165, 1.54) is 17.5 Å². The average molecular weight is 504 g/mol. The lowest BCUT2D eigenvalue weighted by Crippen LogP contribution is -2.45. The van der Waals surface area contributed by atoms with Crippen molar-refractivity contribution in [2.45, 2.75) is 51.6 Å². The maximum Gasteiger partial charge on any atom is 0.511 e. The number of hydrogen-bond donors (Lipinski definition) is 1. The van der Waals surface area contributed by atoms with Crippen molar-refractivity contribution in [3.8, 4) is 0 Å². The van der Waals surface area contributed by atoms with Crippen LogP contribution in [0.1, 0.15) is 58.2 Å². The monoisotopic (exact) mass is 503 g/mol. The van der Waals surface area contributed by atoms with E-state index in [1.807, 2.05) is 42.8 Å². The van der Waals surface area contributed by atoms with Crippen molar-refractivity contribution in [3.05, 3.63) is 70.4 Å². The molecule has 0 spiro atoms. The molecule has 0 radical (unpaired) electrons. The zero-order valence-corrected chi connectivity index (χ0v) is 21.6. The molecule has 1 fully saturated rings. The van der Waals surface area contributed by atoms with Crippen molar-refractivity contribution in [3.63, 3.8) is 0 Å². The molecule has 1 aliphatic carbocycles. The molecule has 5 rings (SSSR count). The largest absolute Gasteiger partial charge is 0.511 e. The van der Waals surface area contributed by atoms with Crippen LogP contribution in [-0.4, -0.2) is 71.0 Å². The molecule has 0 saturated carbocycles. The minimum Gasteiger partial charge on any atom is -0.449 e. The molecule has 1 N–H and O–H groups in total. The molecule has 1 unspecified atom stereocenters. The van der Waals surface area contributed by atoms with Crippen LogP contribution in [0.5, 0.6) is 0 Å². The van der Waals surface area contributed by atoms with Gasteiger partial charge >= 0.3 is 6.16 Å². The van der Waals surface area contributed by atoms with Gasteiger partial charge in [-0.05, 0) is 74.9 Å². The number of benzene rings is 1. The molecule has 3 aliphatic rings. The van der Waals surface area contributed by atoms with Crippen LogP contribution >= 0.6 is 0 Å². The Hall–Kier alpha value is -3.88. The highest BCUT2D eigenvalue weighted by Crippen LogP contribution is 2.37. The Labute approximate surface area is 217 Å². The molecule has 1 aromatic heterocycles. The van der Waals surface area contributed by atoms with E-state index in [1.54, 1.807) is 6.34 Å². The summed E-state index contributed by atoms with van der Waals surface area (Å²) in [5, 5.41) is 8.95. The van der Waals surface area contributed by atoms with Crippen LogP contribution in [-0.2, 0) is 11.2 Å². The number of carbonyl (C=O) groups excluding carboxylic acids is 1. The zero-order chi connectivity index (χ0) is 26.1. The van der Waals surface area contributed by atoms with Crippen LogP contribution in [0, 0.1) is 13.8 Å². The summed E-state index contributed by atoms with van der Waals surface area (Å²) in [5.74, 6) is 0.323. The second kappa shape index (κ2) is 10.2. The molecule has 3 heterocycles. The number of aliphatic imine (C=N–C) groups is 1. The summed E-state index contributed by atoms with van der Waals surface area (Å²) in [7, 11) is 1.91. The summed E-state index contributed by atoms with van der Waals surface area (Å²) in [6.45, 7) is 6.18. The molecular formula is C28H33N5O4. The minimum absolute atomic E-state index is 0.0217. The van der Waals surface area contributed by atoms with E-state index in [4.69, 9.17) is 9.84 Å². The number of rotatable bonds is 5. The van der Waals surface area contributed by atoms with Crippen LogP contribution in [0.25, 0.3) is 0 Å². The Bertz CT molecular complexity index is 1240. The molecule has 2 aromatic rings. The van der Waals surface area contributed by atoms with Crippen molar-refractivity contribution < 1.29 is 19.4 Å². The first-order valence-electron chi connectivity index (χ1n) is 12.8. The molecule has 1 amide bonds. The lowest BCUT2D eigenvalue weighted by atomic mass is 9.99. The Morgan fingerprint density at radius 3 is 2.51 bits per heavy atom. The number of carboxylic acid groups (broad SMARTS) is 1. The predicted molar refractivity (Wildman–Crippen MR) is 141 cm³/mol. The number of aromatic nitrogens is 1. The first-order valence-corrected chi connectivity index (χ1v) is 12.8. The normalized spacial score (nSPS) is 19.4. The summed E-state index contributed by atoms with van der Waals surface area (Å²) in [6.07, 6.45) is 5.41. The smallest absolute Gasteiger partial charge is 0.449 e. The van der Waals surface area contributed by atoms with Crippen LogP contribution in [0.4, 0.5) is 10.5 Å². The number of pyridine rings is 1. The highest BCUT2D eigenvalue weighted by atomic mass is 16.7. The van der Waals surface area contributed by atoms with Gasteiger partial charge in [-0.15, -0.1) is 0 Å². The Balaban J connectivity index is 1.25. The van der Waals surface area contributed by atoms with Gasteiger partial charge in [-0.1, -0.05) is 6.07 Å². The number of anilines is 1. The molecule has 9 heteroatoms. The summed E-state index contributed by atoms with van der Waals surface area (Å²) >= 11 is 0. The molecule has 2 aliphatic heterocycles. The second-order valence-corrected chi connectivity index (χ2v) is 10.1. The average Bonchev–Trinajstić information content (AvgIpc) is 3.30. The van der Waals surface area contributed by atoms with E-state index in [2.05, 4.69) is 33.1 Å². The summed E-state index contributed by atoms with van der Waals surface area (Å²) in [6, 6.07) is 10.5. The van der Waals surface area contributed by atoms with E-state index in [0.717, 1.165) is 55.7 Å². The summed E-state index contributed by atoms with van der Waals surface area (Å²) < 4.78 is 4.83. The second-order valence-electron chi connectivity index (χ2n) is 10.1. The molecular weight excluding hydrogens is 470 g/mol. The third-order valence-corrected chi connectivity index (χ3v) is 7.59. The van der Waals surface area contributed by atoms with Crippen molar-refractivity contribution in [1.29, 1.82) is 0 Å². The van der Waals surface area contributed by atoms with Gasteiger partial charge in [0, 0.05) is 48.8 Å². The highest BCUT2D eigenvalue weighted by Gasteiger charge is 2.31. The Morgan fingerprint density at radius 2 is 1.81 bits per heavy atom. The van der Waals surface area contributed by atoms with E-state index in [0.29, 0.717) is 17.9 Å². The van der Waals surface area contributed by atoms with E-state index in [9.17, 15) is 9.59 Å². The lowest BCUT2D eigenvalue weighted by Gasteiger charge is -2.38. The minimum atomic E-state index is -1.34. The number of nitrogens with zero attached hydrogens (tertiary/aromatic N) is 5. The number of amides is 1. The van der Waals surface area contributed by atoms with Gasteiger partial charge in [-0.2, -0.15) is 0 Å². The molecule has 1 saturated heterocycles. The lowest BCUT2D eigenvalue weighted by molar-refractivity contribution is 0.0708. The fourth-order valence-electron chi connectivity index (χ4n) is 5.76. The molecule has 1 atom stereocenters. The third kappa shape index (κ3) is 5.30. The number of hydrogen-bond acceptors (Lipinski definition) is 7. The van der Waals surface area contributed by atoms with Gasteiger partial charge in [0.15, 0.2) is 0 Å².